The lowest BCUT2D eigenvalue weighted by molar-refractivity contribution is 0.102. The van der Waals surface area contributed by atoms with Crippen LogP contribution in [-0.4, -0.2) is 63.8 Å². The Hall–Kier alpha value is -3.40. The molecule has 0 unspecified atom stereocenters. The molecule has 188 valence electrons. The van der Waals surface area contributed by atoms with Crippen LogP contribution in [0, 0.1) is 6.92 Å². The first-order valence-corrected chi connectivity index (χ1v) is 13.4. The number of hydrogen-bond donors (Lipinski definition) is 1. The Morgan fingerprint density at radius 2 is 1.67 bits per heavy atom. The van der Waals surface area contributed by atoms with E-state index < -0.39 is 15.9 Å². The highest BCUT2D eigenvalue weighted by molar-refractivity contribution is 7.89. The van der Waals surface area contributed by atoms with E-state index in [4.69, 9.17) is 4.74 Å². The maximum absolute atomic E-state index is 13.4. The number of sulfonamides is 1. The normalized spacial score (nSPS) is 16.1. The molecular weight excluding hydrogens is 476 g/mol. The van der Waals surface area contributed by atoms with E-state index in [0.29, 0.717) is 36.0 Å². The maximum atomic E-state index is 13.4. The molecule has 0 aromatic heterocycles. The topological polar surface area (TPSA) is 82.2 Å². The largest absolute Gasteiger partial charge is 0.454 e. The summed E-state index contributed by atoms with van der Waals surface area (Å²) in [5.41, 5.74) is 3.53. The van der Waals surface area contributed by atoms with Crippen molar-refractivity contribution in [1.29, 1.82) is 0 Å². The molecule has 9 heteroatoms. The van der Waals surface area contributed by atoms with Gasteiger partial charge < -0.3 is 15.0 Å². The van der Waals surface area contributed by atoms with Gasteiger partial charge in [-0.2, -0.15) is 0 Å². The van der Waals surface area contributed by atoms with Gasteiger partial charge in [-0.15, -0.1) is 0 Å². The van der Waals surface area contributed by atoms with Crippen LogP contribution in [0.25, 0.3) is 0 Å². The van der Waals surface area contributed by atoms with Gasteiger partial charge >= 0.3 is 0 Å². The van der Waals surface area contributed by atoms with Crippen LogP contribution in [0.4, 0.5) is 11.4 Å². The van der Waals surface area contributed by atoms with Gasteiger partial charge in [-0.05, 0) is 36.2 Å². The van der Waals surface area contributed by atoms with Gasteiger partial charge in [0.1, 0.15) is 10.6 Å². The van der Waals surface area contributed by atoms with Gasteiger partial charge in [0.25, 0.3) is 5.91 Å². The predicted molar refractivity (Wildman–Crippen MR) is 140 cm³/mol. The van der Waals surface area contributed by atoms with Crippen molar-refractivity contribution >= 4 is 27.3 Å². The molecule has 2 aliphatic rings. The van der Waals surface area contributed by atoms with Gasteiger partial charge in [0.2, 0.25) is 10.0 Å². The number of nitrogens with one attached hydrogen (secondary N) is 1. The van der Waals surface area contributed by atoms with Crippen molar-refractivity contribution in [2.45, 2.75) is 18.4 Å². The molecule has 36 heavy (non-hydrogen) atoms. The predicted octanol–water partition coefficient (Wildman–Crippen LogP) is 3.93. The SMILES string of the molecule is Cc1ccc2c(c1)NC(=O)c1cc(S(=O)(=O)N(C)C)c(N3CCN(Cc4ccccc4)CC3)cc1O2. The van der Waals surface area contributed by atoms with Crippen molar-refractivity contribution in [2.24, 2.45) is 0 Å². The van der Waals surface area contributed by atoms with Crippen LogP contribution in [0.15, 0.2) is 65.6 Å². The number of benzene rings is 3. The van der Waals surface area contributed by atoms with Gasteiger partial charge in [0, 0.05) is 52.9 Å². The van der Waals surface area contributed by atoms with E-state index in [1.54, 1.807) is 6.07 Å². The minimum Gasteiger partial charge on any atom is -0.454 e. The van der Waals surface area contributed by atoms with Crippen LogP contribution in [0.2, 0.25) is 0 Å². The smallest absolute Gasteiger partial charge is 0.259 e. The quantitative estimate of drug-likeness (QED) is 0.565. The molecule has 3 aromatic rings. The van der Waals surface area contributed by atoms with Crippen molar-refractivity contribution in [1.82, 2.24) is 9.21 Å². The van der Waals surface area contributed by atoms with E-state index >= 15 is 0 Å². The first-order chi connectivity index (χ1) is 17.2. The first-order valence-electron chi connectivity index (χ1n) is 11.9. The first kappa shape index (κ1) is 24.3. The number of carbonyl (C=O) groups is 1. The summed E-state index contributed by atoms with van der Waals surface area (Å²) in [5.74, 6) is 0.466. The number of nitrogens with zero attached hydrogens (tertiary/aromatic N) is 3. The second-order valence-electron chi connectivity index (χ2n) is 9.41. The van der Waals surface area contributed by atoms with Crippen LogP contribution in [-0.2, 0) is 16.6 Å². The Morgan fingerprint density at radius 3 is 2.36 bits per heavy atom. The van der Waals surface area contributed by atoms with Crippen LogP contribution >= 0.6 is 0 Å². The third-order valence-corrected chi connectivity index (χ3v) is 8.47. The van der Waals surface area contributed by atoms with Gasteiger partial charge in [0.15, 0.2) is 5.75 Å². The summed E-state index contributed by atoms with van der Waals surface area (Å²) in [4.78, 5) is 17.6. The van der Waals surface area contributed by atoms with Crippen LogP contribution in [0.5, 0.6) is 11.5 Å². The Kier molecular flexibility index (Phi) is 6.46. The van der Waals surface area contributed by atoms with Gasteiger partial charge in [-0.3, -0.25) is 9.69 Å². The molecule has 1 saturated heterocycles. The lowest BCUT2D eigenvalue weighted by atomic mass is 10.1. The molecule has 1 N–H and O–H groups in total. The lowest BCUT2D eigenvalue weighted by Gasteiger charge is -2.37. The molecule has 8 nitrogen and oxygen atoms in total. The summed E-state index contributed by atoms with van der Waals surface area (Å²) in [6, 6.07) is 19.0. The Morgan fingerprint density at radius 1 is 0.944 bits per heavy atom. The second kappa shape index (κ2) is 9.57. The fraction of sp³-hybridized carbons (Fsp3) is 0.296. The number of amides is 1. The van der Waals surface area contributed by atoms with Crippen molar-refractivity contribution in [3.05, 3.63) is 77.4 Å². The third kappa shape index (κ3) is 4.69. The van der Waals surface area contributed by atoms with Crippen LogP contribution in [0.3, 0.4) is 0 Å². The zero-order valence-electron chi connectivity index (χ0n) is 20.7. The highest BCUT2D eigenvalue weighted by Crippen LogP contribution is 2.41. The van der Waals surface area contributed by atoms with E-state index in [-0.39, 0.29) is 10.5 Å². The van der Waals surface area contributed by atoms with Crippen LogP contribution in [0.1, 0.15) is 21.5 Å². The maximum Gasteiger partial charge on any atom is 0.259 e. The van der Waals surface area contributed by atoms with Crippen molar-refractivity contribution in [3.8, 4) is 11.5 Å². The second-order valence-corrected chi connectivity index (χ2v) is 11.5. The monoisotopic (exact) mass is 506 g/mol. The van der Waals surface area contributed by atoms with E-state index in [1.807, 2.05) is 43.3 Å². The van der Waals surface area contributed by atoms with Gasteiger partial charge in [-0.25, -0.2) is 12.7 Å². The molecular formula is C27H30N4O4S. The molecule has 3 aromatic carbocycles. The number of hydrogen-bond acceptors (Lipinski definition) is 6. The summed E-state index contributed by atoms with van der Waals surface area (Å²) < 4.78 is 34.1. The molecule has 2 aliphatic heterocycles. The summed E-state index contributed by atoms with van der Waals surface area (Å²) in [5, 5.41) is 2.86. The fourth-order valence-corrected chi connectivity index (χ4v) is 5.70. The molecule has 0 spiro atoms. The molecule has 5 rings (SSSR count). The minimum atomic E-state index is -3.82. The molecule has 0 bridgehead atoms. The molecule has 0 atom stereocenters. The number of fused-ring (bicyclic) bond motifs is 2. The molecule has 1 amide bonds. The van der Waals surface area contributed by atoms with Crippen molar-refractivity contribution < 1.29 is 17.9 Å². The third-order valence-electron chi connectivity index (χ3n) is 6.63. The van der Waals surface area contributed by atoms with Crippen molar-refractivity contribution in [2.75, 3.05) is 50.5 Å². The zero-order chi connectivity index (χ0) is 25.4. The molecule has 1 fully saturated rings. The average molecular weight is 507 g/mol. The van der Waals surface area contributed by atoms with E-state index in [1.165, 1.54) is 30.0 Å². The molecule has 0 saturated carbocycles. The molecule has 0 aliphatic carbocycles. The number of piperazine rings is 1. The highest BCUT2D eigenvalue weighted by Gasteiger charge is 2.31. The molecule has 0 radical (unpaired) electrons. The lowest BCUT2D eigenvalue weighted by Crippen LogP contribution is -2.46. The summed E-state index contributed by atoms with van der Waals surface area (Å²) in [7, 11) is -0.824. The fourth-order valence-electron chi connectivity index (χ4n) is 4.59. The summed E-state index contributed by atoms with van der Waals surface area (Å²) in [6.07, 6.45) is 0. The number of anilines is 2. The van der Waals surface area contributed by atoms with Gasteiger partial charge in [-0.1, -0.05) is 36.4 Å². The number of aryl methyl sites for hydroxylation is 1. The minimum absolute atomic E-state index is 0.101. The standard InChI is InChI=1S/C27H30N4O4S/c1-19-9-10-24-22(15-19)28-27(32)21-16-26(36(33,34)29(2)3)23(17-25(21)35-24)31-13-11-30(12-14-31)18-20-7-5-4-6-8-20/h4-10,15-17H,11-14,18H2,1-3H3,(H,28,32). The summed E-state index contributed by atoms with van der Waals surface area (Å²) in [6.45, 7) is 5.67. The zero-order valence-corrected chi connectivity index (χ0v) is 21.5. The Bertz CT molecular complexity index is 1400. The number of ether oxygens (including phenoxy) is 1. The highest BCUT2D eigenvalue weighted by atomic mass is 32.2. The number of carbonyl (C=O) groups excluding carboxylic acids is 1. The van der Waals surface area contributed by atoms with Crippen LogP contribution < -0.4 is 15.0 Å². The van der Waals surface area contributed by atoms with E-state index in [9.17, 15) is 13.2 Å². The van der Waals surface area contributed by atoms with E-state index in [2.05, 4.69) is 27.2 Å². The Balaban J connectivity index is 1.50. The average Bonchev–Trinajstić information content (AvgIpc) is 2.99. The van der Waals surface area contributed by atoms with Gasteiger partial charge in [0.05, 0.1) is 16.9 Å². The van der Waals surface area contributed by atoms with Crippen molar-refractivity contribution in [3.63, 3.8) is 0 Å². The summed E-state index contributed by atoms with van der Waals surface area (Å²) >= 11 is 0. The molecule has 2 heterocycles. The number of rotatable bonds is 5. The Labute approximate surface area is 212 Å². The van der Waals surface area contributed by atoms with E-state index in [0.717, 1.165) is 25.2 Å².